The Bertz CT molecular complexity index is 580. The van der Waals surface area contributed by atoms with Crippen molar-refractivity contribution in [3.05, 3.63) is 56.4 Å². The van der Waals surface area contributed by atoms with Crippen LogP contribution < -0.4 is 0 Å². The molecule has 1 aromatic carbocycles. The highest BCUT2D eigenvalue weighted by molar-refractivity contribution is 7.16. The highest BCUT2D eigenvalue weighted by Gasteiger charge is 2.07. The lowest BCUT2D eigenvalue weighted by atomic mass is 10.3. The molecule has 0 N–H and O–H groups in total. The molecule has 0 aliphatic heterocycles. The summed E-state index contributed by atoms with van der Waals surface area (Å²) in [6.07, 6.45) is 1.59. The second kappa shape index (κ2) is 5.07. The summed E-state index contributed by atoms with van der Waals surface area (Å²) in [6.45, 7) is 0. The zero-order chi connectivity index (χ0) is 12.3. The second-order valence-corrected chi connectivity index (χ2v) is 4.70. The first-order valence-electron chi connectivity index (χ1n) is 4.69. The van der Waals surface area contributed by atoms with Crippen LogP contribution in [0.5, 0.6) is 0 Å². The zero-order valence-electron chi connectivity index (χ0n) is 8.54. The van der Waals surface area contributed by atoms with E-state index in [9.17, 15) is 10.1 Å². The van der Waals surface area contributed by atoms with Crippen molar-refractivity contribution in [3.8, 4) is 0 Å². The van der Waals surface area contributed by atoms with Crippen molar-refractivity contribution in [2.45, 2.75) is 0 Å². The highest BCUT2D eigenvalue weighted by atomic mass is 35.5. The van der Waals surface area contributed by atoms with Gasteiger partial charge in [0.1, 0.15) is 0 Å². The molecule has 4 nitrogen and oxygen atoms in total. The van der Waals surface area contributed by atoms with Gasteiger partial charge in [0.05, 0.1) is 15.5 Å². The van der Waals surface area contributed by atoms with E-state index in [0.29, 0.717) is 10.7 Å². The lowest BCUT2D eigenvalue weighted by Gasteiger charge is -1.92. The van der Waals surface area contributed by atoms with Gasteiger partial charge >= 0.3 is 5.00 Å². The number of rotatable bonds is 3. The summed E-state index contributed by atoms with van der Waals surface area (Å²) in [4.78, 5) is 15.0. The van der Waals surface area contributed by atoms with Crippen LogP contribution in [0.4, 0.5) is 10.7 Å². The summed E-state index contributed by atoms with van der Waals surface area (Å²) in [5.41, 5.74) is 0.716. The molecule has 2 rings (SSSR count). The van der Waals surface area contributed by atoms with Crippen molar-refractivity contribution in [2.24, 2.45) is 4.99 Å². The molecule has 0 saturated heterocycles. The molecule has 0 saturated carbocycles. The third-order valence-corrected chi connectivity index (χ3v) is 3.15. The van der Waals surface area contributed by atoms with Crippen molar-refractivity contribution in [1.82, 2.24) is 0 Å². The molecule has 0 unspecified atom stereocenters. The topological polar surface area (TPSA) is 55.5 Å². The van der Waals surface area contributed by atoms with Crippen LogP contribution in [-0.2, 0) is 0 Å². The third-order valence-electron chi connectivity index (χ3n) is 1.94. The molecule has 0 aliphatic rings. The Labute approximate surface area is 106 Å². The Morgan fingerprint density at radius 1 is 1.35 bits per heavy atom. The average molecular weight is 267 g/mol. The van der Waals surface area contributed by atoms with Crippen LogP contribution in [0.25, 0.3) is 0 Å². The molecule has 6 heteroatoms. The molecule has 86 valence electrons. The Morgan fingerprint density at radius 3 is 2.82 bits per heavy atom. The molecule has 0 amide bonds. The van der Waals surface area contributed by atoms with Crippen LogP contribution in [0.1, 0.15) is 4.88 Å². The van der Waals surface area contributed by atoms with Gasteiger partial charge in [-0.15, -0.1) is 0 Å². The van der Waals surface area contributed by atoms with Crippen molar-refractivity contribution in [3.63, 3.8) is 0 Å². The van der Waals surface area contributed by atoms with E-state index in [2.05, 4.69) is 4.99 Å². The van der Waals surface area contributed by atoms with E-state index >= 15 is 0 Å². The van der Waals surface area contributed by atoms with Crippen LogP contribution in [0.2, 0.25) is 5.02 Å². The first-order chi connectivity index (χ1) is 8.15. The van der Waals surface area contributed by atoms with Crippen LogP contribution in [0.3, 0.4) is 0 Å². The third kappa shape index (κ3) is 3.12. The summed E-state index contributed by atoms with van der Waals surface area (Å²) >= 11 is 6.89. The number of aliphatic imine (C=N–C) groups is 1. The van der Waals surface area contributed by atoms with Crippen LogP contribution in [-0.4, -0.2) is 11.1 Å². The van der Waals surface area contributed by atoms with Gasteiger partial charge in [0.25, 0.3) is 0 Å². The Kier molecular flexibility index (Phi) is 3.51. The number of benzene rings is 1. The lowest BCUT2D eigenvalue weighted by Crippen LogP contribution is -1.80. The van der Waals surface area contributed by atoms with Crippen molar-refractivity contribution >= 4 is 39.8 Å². The number of hydrogen-bond acceptors (Lipinski definition) is 4. The normalized spacial score (nSPS) is 10.9. The maximum atomic E-state index is 10.5. The molecular weight excluding hydrogens is 260 g/mol. The monoisotopic (exact) mass is 266 g/mol. The molecule has 0 fully saturated rings. The highest BCUT2D eigenvalue weighted by Crippen LogP contribution is 2.23. The van der Waals surface area contributed by atoms with Crippen molar-refractivity contribution in [2.75, 3.05) is 0 Å². The van der Waals surface area contributed by atoms with Crippen LogP contribution in [0.15, 0.2) is 41.4 Å². The molecule has 0 spiro atoms. The Balaban J connectivity index is 2.17. The van der Waals surface area contributed by atoms with Gasteiger partial charge in [0, 0.05) is 17.3 Å². The second-order valence-electron chi connectivity index (χ2n) is 3.17. The Morgan fingerprint density at radius 2 is 2.18 bits per heavy atom. The van der Waals surface area contributed by atoms with Crippen molar-refractivity contribution in [1.29, 1.82) is 0 Å². The average Bonchev–Trinajstić information content (AvgIpc) is 2.75. The fourth-order valence-corrected chi connectivity index (χ4v) is 2.08. The van der Waals surface area contributed by atoms with Gasteiger partial charge in [-0.1, -0.05) is 29.0 Å². The summed E-state index contributed by atoms with van der Waals surface area (Å²) in [7, 11) is 0. The number of hydrogen-bond donors (Lipinski definition) is 0. The standard InChI is InChI=1S/C11H7ClN2O2S/c12-8-2-1-3-9(6-8)13-7-10-4-5-11(17-10)14(15)16/h1-7H. The maximum Gasteiger partial charge on any atom is 0.324 e. The molecule has 0 aliphatic carbocycles. The number of nitrogens with zero attached hydrogens (tertiary/aromatic N) is 2. The van der Waals surface area contributed by atoms with E-state index in [4.69, 9.17) is 11.6 Å². The zero-order valence-corrected chi connectivity index (χ0v) is 10.1. The minimum atomic E-state index is -0.415. The van der Waals surface area contributed by atoms with E-state index in [1.165, 1.54) is 6.07 Å². The van der Waals surface area contributed by atoms with Gasteiger partial charge in [0.2, 0.25) is 0 Å². The maximum absolute atomic E-state index is 10.5. The van der Waals surface area contributed by atoms with Gasteiger partial charge in [-0.25, -0.2) is 0 Å². The molecule has 17 heavy (non-hydrogen) atoms. The summed E-state index contributed by atoms with van der Waals surface area (Å²) in [5, 5.41) is 11.2. The van der Waals surface area contributed by atoms with Crippen molar-refractivity contribution < 1.29 is 4.92 Å². The smallest absolute Gasteiger partial charge is 0.258 e. The predicted octanol–water partition coefficient (Wildman–Crippen LogP) is 4.06. The predicted molar refractivity (Wildman–Crippen MR) is 69.7 cm³/mol. The van der Waals surface area contributed by atoms with Gasteiger partial charge in [0.15, 0.2) is 0 Å². The molecule has 0 radical (unpaired) electrons. The quantitative estimate of drug-likeness (QED) is 0.478. The summed E-state index contributed by atoms with van der Waals surface area (Å²) in [6, 6.07) is 10.2. The molecular formula is C11H7ClN2O2S. The van der Waals surface area contributed by atoms with E-state index in [1.807, 2.05) is 6.07 Å². The van der Waals surface area contributed by atoms with E-state index in [1.54, 1.807) is 30.5 Å². The SMILES string of the molecule is O=[N+]([O-])c1ccc(C=Nc2cccc(Cl)c2)s1. The van der Waals surface area contributed by atoms with Crippen LogP contribution >= 0.6 is 22.9 Å². The molecule has 0 atom stereocenters. The molecule has 1 aromatic heterocycles. The number of halogens is 1. The van der Waals surface area contributed by atoms with E-state index in [-0.39, 0.29) is 5.00 Å². The fourth-order valence-electron chi connectivity index (χ4n) is 1.20. The summed E-state index contributed by atoms with van der Waals surface area (Å²) in [5.74, 6) is 0. The molecule has 0 bridgehead atoms. The van der Waals surface area contributed by atoms with Gasteiger partial charge in [-0.2, -0.15) is 0 Å². The number of thiophene rings is 1. The number of nitro groups is 1. The summed E-state index contributed by atoms with van der Waals surface area (Å²) < 4.78 is 0. The fraction of sp³-hybridized carbons (Fsp3) is 0. The van der Waals surface area contributed by atoms with E-state index in [0.717, 1.165) is 16.2 Å². The largest absolute Gasteiger partial charge is 0.324 e. The first-order valence-corrected chi connectivity index (χ1v) is 5.88. The molecule has 1 heterocycles. The van der Waals surface area contributed by atoms with Gasteiger partial charge < -0.3 is 0 Å². The van der Waals surface area contributed by atoms with E-state index < -0.39 is 4.92 Å². The van der Waals surface area contributed by atoms with Gasteiger partial charge in [-0.3, -0.25) is 15.1 Å². The minimum Gasteiger partial charge on any atom is -0.258 e. The van der Waals surface area contributed by atoms with Gasteiger partial charge in [-0.05, 0) is 24.3 Å². The molecule has 2 aromatic rings. The first kappa shape index (κ1) is 11.8. The minimum absolute atomic E-state index is 0.109. The Hall–Kier alpha value is -1.72. The van der Waals surface area contributed by atoms with Crippen LogP contribution in [0, 0.1) is 10.1 Å². The lowest BCUT2D eigenvalue weighted by molar-refractivity contribution is -0.380.